The number of ether oxygens (including phenoxy) is 3. The average molecular weight is 385 g/mol. The van der Waals surface area contributed by atoms with Gasteiger partial charge in [0.05, 0.1) is 31.8 Å². The van der Waals surface area contributed by atoms with E-state index in [-0.39, 0.29) is 11.9 Å². The molecular formula is C22H27NO5. The smallest absolute Gasteiger partial charge is 0.336 e. The van der Waals surface area contributed by atoms with Gasteiger partial charge in [-0.3, -0.25) is 4.79 Å². The second kappa shape index (κ2) is 8.09. The quantitative estimate of drug-likeness (QED) is 0.783. The van der Waals surface area contributed by atoms with Gasteiger partial charge in [-0.15, -0.1) is 0 Å². The summed E-state index contributed by atoms with van der Waals surface area (Å²) in [5.41, 5.74) is 2.87. The Labute approximate surface area is 165 Å². The Morgan fingerprint density at radius 2 is 1.86 bits per heavy atom. The Hall–Kier alpha value is -2.76. The molecule has 28 heavy (non-hydrogen) atoms. The third kappa shape index (κ3) is 3.63. The van der Waals surface area contributed by atoms with Crippen LogP contribution in [0.15, 0.2) is 41.2 Å². The van der Waals surface area contributed by atoms with Crippen molar-refractivity contribution in [3.05, 3.63) is 46.8 Å². The van der Waals surface area contributed by atoms with Crippen molar-refractivity contribution >= 4 is 11.8 Å². The molecule has 2 unspecified atom stereocenters. The lowest BCUT2D eigenvalue weighted by molar-refractivity contribution is -0.143. The van der Waals surface area contributed by atoms with Crippen molar-refractivity contribution < 1.29 is 23.8 Å². The number of benzene rings is 1. The first-order valence-electron chi connectivity index (χ1n) is 9.50. The van der Waals surface area contributed by atoms with Crippen molar-refractivity contribution in [1.29, 1.82) is 0 Å². The Morgan fingerprint density at radius 1 is 1.14 bits per heavy atom. The third-order valence-electron chi connectivity index (χ3n) is 5.15. The normalized spacial score (nSPS) is 21.6. The number of rotatable bonds is 5. The maximum absolute atomic E-state index is 13.0. The van der Waals surface area contributed by atoms with Crippen LogP contribution in [0.2, 0.25) is 0 Å². The number of ketones is 1. The number of allylic oxidation sites excluding steroid dienone is 3. The number of hydrogen-bond acceptors (Lipinski definition) is 6. The zero-order chi connectivity index (χ0) is 20.4. The lowest BCUT2D eigenvalue weighted by atomic mass is 9.71. The van der Waals surface area contributed by atoms with Crippen molar-refractivity contribution in [3.8, 4) is 11.5 Å². The molecule has 2 atom stereocenters. The average Bonchev–Trinajstić information content (AvgIpc) is 2.65. The van der Waals surface area contributed by atoms with E-state index in [1.54, 1.807) is 20.3 Å². The minimum absolute atomic E-state index is 0.118. The molecule has 0 radical (unpaired) electrons. The van der Waals surface area contributed by atoms with Crippen LogP contribution in [0, 0.1) is 5.92 Å². The lowest BCUT2D eigenvalue weighted by Crippen LogP contribution is -2.41. The summed E-state index contributed by atoms with van der Waals surface area (Å²) in [6, 6.07) is 5.52. The number of hydrogen-bond donors (Lipinski definition) is 1. The summed E-state index contributed by atoms with van der Waals surface area (Å²) in [6.07, 6.45) is 2.96. The van der Waals surface area contributed by atoms with E-state index in [0.717, 1.165) is 11.3 Å². The second-order valence-electron chi connectivity index (χ2n) is 7.35. The van der Waals surface area contributed by atoms with Crippen molar-refractivity contribution in [3.63, 3.8) is 0 Å². The van der Waals surface area contributed by atoms with Crippen molar-refractivity contribution in [1.82, 2.24) is 5.32 Å². The van der Waals surface area contributed by atoms with Gasteiger partial charge in [-0.05, 0) is 44.9 Å². The summed E-state index contributed by atoms with van der Waals surface area (Å²) >= 11 is 0. The van der Waals surface area contributed by atoms with E-state index < -0.39 is 17.8 Å². The van der Waals surface area contributed by atoms with Crippen LogP contribution in [0.25, 0.3) is 0 Å². The molecule has 0 bridgehead atoms. The molecule has 1 aromatic rings. The molecule has 150 valence electrons. The lowest BCUT2D eigenvalue weighted by Gasteiger charge is -2.38. The Balaban J connectivity index is 2.17. The Kier molecular flexibility index (Phi) is 5.77. The fourth-order valence-corrected chi connectivity index (χ4v) is 3.97. The topological polar surface area (TPSA) is 73.9 Å². The zero-order valence-electron chi connectivity index (χ0n) is 17.0. The maximum atomic E-state index is 13.0. The summed E-state index contributed by atoms with van der Waals surface area (Å²) in [4.78, 5) is 25.8. The van der Waals surface area contributed by atoms with Crippen LogP contribution in [0.4, 0.5) is 0 Å². The van der Waals surface area contributed by atoms with Crippen LogP contribution in [0.1, 0.15) is 45.1 Å². The number of methoxy groups -OCH3 is 2. The van der Waals surface area contributed by atoms with Crippen LogP contribution in [-0.4, -0.2) is 32.1 Å². The first-order chi connectivity index (χ1) is 13.4. The van der Waals surface area contributed by atoms with Gasteiger partial charge in [-0.25, -0.2) is 4.79 Å². The molecule has 1 aliphatic carbocycles. The summed E-state index contributed by atoms with van der Waals surface area (Å²) in [7, 11) is 3.14. The molecule has 1 aliphatic heterocycles. The highest BCUT2D eigenvalue weighted by Crippen LogP contribution is 2.45. The van der Waals surface area contributed by atoms with Gasteiger partial charge in [0, 0.05) is 23.7 Å². The third-order valence-corrected chi connectivity index (χ3v) is 5.15. The molecule has 0 amide bonds. The number of fused-ring (bicyclic) bond motifs is 1. The van der Waals surface area contributed by atoms with Crippen molar-refractivity contribution in [2.24, 2.45) is 5.92 Å². The molecule has 6 heteroatoms. The molecule has 2 aliphatic rings. The number of carbonyl (C=O) groups is 2. The van der Waals surface area contributed by atoms with E-state index in [9.17, 15) is 9.59 Å². The Morgan fingerprint density at radius 3 is 2.50 bits per heavy atom. The first-order valence-corrected chi connectivity index (χ1v) is 9.50. The van der Waals surface area contributed by atoms with E-state index in [1.807, 2.05) is 39.0 Å². The van der Waals surface area contributed by atoms with Gasteiger partial charge in [0.2, 0.25) is 0 Å². The van der Waals surface area contributed by atoms with Crippen molar-refractivity contribution in [2.45, 2.75) is 45.6 Å². The first kappa shape index (κ1) is 20.0. The predicted octanol–water partition coefficient (Wildman–Crippen LogP) is 3.48. The minimum Gasteiger partial charge on any atom is -0.493 e. The standard InChI is InChI=1S/C22H27NO5/c1-12(2)28-22(25)19-13(3)23-15-7-6-8-16(24)21(15)20(19)14-9-10-17(26-4)18(11-14)27-5/h7,9-12,20-21,23H,6,8H2,1-5H3. The van der Waals surface area contributed by atoms with E-state index >= 15 is 0 Å². The van der Waals surface area contributed by atoms with Gasteiger partial charge in [0.15, 0.2) is 11.5 Å². The van der Waals surface area contributed by atoms with E-state index in [0.29, 0.717) is 35.6 Å². The molecular weight excluding hydrogens is 358 g/mol. The maximum Gasteiger partial charge on any atom is 0.336 e. The van der Waals surface area contributed by atoms with Crippen molar-refractivity contribution in [2.75, 3.05) is 14.2 Å². The molecule has 1 aromatic carbocycles. The summed E-state index contributed by atoms with van der Waals surface area (Å²) in [6.45, 7) is 5.47. The molecule has 0 saturated carbocycles. The van der Waals surface area contributed by atoms with Gasteiger partial charge >= 0.3 is 5.97 Å². The molecule has 0 spiro atoms. The highest BCUT2D eigenvalue weighted by molar-refractivity contribution is 5.96. The van der Waals surface area contributed by atoms with E-state index in [2.05, 4.69) is 5.32 Å². The van der Waals surface area contributed by atoms with Crippen LogP contribution >= 0.6 is 0 Å². The summed E-state index contributed by atoms with van der Waals surface area (Å²) < 4.78 is 16.3. The zero-order valence-corrected chi connectivity index (χ0v) is 17.0. The molecule has 3 rings (SSSR count). The van der Waals surface area contributed by atoms with Crippen LogP contribution < -0.4 is 14.8 Å². The van der Waals surface area contributed by atoms with Gasteiger partial charge in [0.1, 0.15) is 5.78 Å². The monoisotopic (exact) mass is 385 g/mol. The second-order valence-corrected chi connectivity index (χ2v) is 7.35. The predicted molar refractivity (Wildman–Crippen MR) is 105 cm³/mol. The number of Topliss-reactive ketones (excluding diaryl/α,β-unsaturated/α-hetero) is 1. The fourth-order valence-electron chi connectivity index (χ4n) is 3.97. The molecule has 1 heterocycles. The van der Waals surface area contributed by atoms with E-state index in [4.69, 9.17) is 14.2 Å². The molecule has 6 nitrogen and oxygen atoms in total. The Bertz CT molecular complexity index is 852. The largest absolute Gasteiger partial charge is 0.493 e. The van der Waals surface area contributed by atoms with Gasteiger partial charge in [-0.2, -0.15) is 0 Å². The SMILES string of the molecule is COc1ccc(C2C(C(=O)OC(C)C)=C(C)NC3=CCCC(=O)C32)cc1OC. The van der Waals surface area contributed by atoms with Crippen LogP contribution in [0.5, 0.6) is 11.5 Å². The summed E-state index contributed by atoms with van der Waals surface area (Å²) in [5, 5.41) is 3.27. The highest BCUT2D eigenvalue weighted by atomic mass is 16.5. The summed E-state index contributed by atoms with van der Waals surface area (Å²) in [5.74, 6) is -0.0135. The fraction of sp³-hybridized carbons (Fsp3) is 0.455. The van der Waals surface area contributed by atoms with Crippen LogP contribution in [-0.2, 0) is 14.3 Å². The van der Waals surface area contributed by atoms with Gasteiger partial charge in [-0.1, -0.05) is 12.1 Å². The minimum atomic E-state index is -0.440. The van der Waals surface area contributed by atoms with Gasteiger partial charge < -0.3 is 19.5 Å². The molecule has 0 saturated heterocycles. The van der Waals surface area contributed by atoms with E-state index in [1.165, 1.54) is 0 Å². The van der Waals surface area contributed by atoms with Gasteiger partial charge in [0.25, 0.3) is 0 Å². The molecule has 0 aromatic heterocycles. The number of nitrogens with one attached hydrogen (secondary N) is 1. The number of carbonyl (C=O) groups excluding carboxylic acids is 2. The molecule has 0 fully saturated rings. The highest BCUT2D eigenvalue weighted by Gasteiger charge is 2.43. The number of esters is 1. The van der Waals surface area contributed by atoms with Crippen LogP contribution in [0.3, 0.4) is 0 Å². The molecule has 1 N–H and O–H groups in total.